The van der Waals surface area contributed by atoms with Gasteiger partial charge in [0.1, 0.15) is 0 Å². The lowest BCUT2D eigenvalue weighted by Crippen LogP contribution is -2.27. The first-order valence-corrected chi connectivity index (χ1v) is 14.6. The van der Waals surface area contributed by atoms with Crippen molar-refractivity contribution in [3.8, 4) is 33.4 Å². The van der Waals surface area contributed by atoms with Crippen molar-refractivity contribution in [2.75, 3.05) is 0 Å². The van der Waals surface area contributed by atoms with Crippen molar-refractivity contribution >= 4 is 33.5 Å². The molecule has 0 fully saturated rings. The van der Waals surface area contributed by atoms with E-state index in [9.17, 15) is 19.8 Å². The number of carbonyl (C=O) groups is 2. The molecule has 1 aliphatic rings. The predicted octanol–water partition coefficient (Wildman–Crippen LogP) is 9.32. The van der Waals surface area contributed by atoms with Crippen LogP contribution in [0, 0.1) is 0 Å². The number of aliphatic carboxylic acids is 2. The maximum atomic E-state index is 12.0. The van der Waals surface area contributed by atoms with Gasteiger partial charge in [0, 0.05) is 18.3 Å². The van der Waals surface area contributed by atoms with E-state index in [2.05, 4.69) is 97.1 Å². The van der Waals surface area contributed by atoms with Gasteiger partial charge in [-0.25, -0.2) is 0 Å². The Bertz CT molecular complexity index is 1910. The van der Waals surface area contributed by atoms with E-state index >= 15 is 0 Å². The number of fused-ring (bicyclic) bond motifs is 5. The smallest absolute Gasteiger partial charge is 0.303 e. The monoisotopic (exact) mass is 562 g/mol. The number of carboxylic acid groups (broad SMARTS) is 2. The SMILES string of the molecule is O=C(O)CCC1(CCC(=O)O)c2cc(-c3ccc4ccccc4c3)ccc2-c2ccc(-c3ccc4ccccc4c3)cc21. The first-order valence-electron chi connectivity index (χ1n) is 14.6. The molecule has 2 N–H and O–H groups in total. The normalized spacial score (nSPS) is 13.1. The second-order valence-electron chi connectivity index (χ2n) is 11.5. The van der Waals surface area contributed by atoms with E-state index in [1.165, 1.54) is 10.8 Å². The van der Waals surface area contributed by atoms with Crippen LogP contribution in [0.25, 0.3) is 54.9 Å². The fourth-order valence-electron chi connectivity index (χ4n) is 6.90. The number of carboxylic acids is 2. The van der Waals surface area contributed by atoms with Crippen molar-refractivity contribution in [2.24, 2.45) is 0 Å². The van der Waals surface area contributed by atoms with Crippen LogP contribution < -0.4 is 0 Å². The fraction of sp³-hybridized carbons (Fsp3) is 0.128. The van der Waals surface area contributed by atoms with Crippen molar-refractivity contribution in [3.05, 3.63) is 132 Å². The van der Waals surface area contributed by atoms with Crippen molar-refractivity contribution < 1.29 is 19.8 Å². The molecular weight excluding hydrogens is 532 g/mol. The van der Waals surface area contributed by atoms with Crippen LogP contribution in [0.4, 0.5) is 0 Å². The standard InChI is InChI=1S/C39H30O4/c40-37(41)17-19-39(20-18-38(42)43)35-23-31(29-11-9-25-5-1-3-7-27(25)21-29)13-15-33(35)34-16-14-32(24-36(34)39)30-12-10-26-6-2-4-8-28(26)22-30/h1-16,21-24H,17-20H2,(H,40,41)(H,42,43). The number of rotatable bonds is 8. The summed E-state index contributed by atoms with van der Waals surface area (Å²) in [7, 11) is 0. The molecule has 0 aliphatic heterocycles. The lowest BCUT2D eigenvalue weighted by molar-refractivity contribution is -0.137. The Labute approximate surface area is 249 Å². The third kappa shape index (κ3) is 4.75. The Hall–Kier alpha value is -5.22. The summed E-state index contributed by atoms with van der Waals surface area (Å²) in [6.45, 7) is 0. The largest absolute Gasteiger partial charge is 0.481 e. The molecule has 0 saturated heterocycles. The van der Waals surface area contributed by atoms with E-state index in [0.29, 0.717) is 12.8 Å². The van der Waals surface area contributed by atoms with Crippen LogP contribution in [0.15, 0.2) is 121 Å². The van der Waals surface area contributed by atoms with E-state index in [0.717, 1.165) is 55.3 Å². The Kier molecular flexibility index (Phi) is 6.55. The van der Waals surface area contributed by atoms with Gasteiger partial charge in [-0.15, -0.1) is 0 Å². The number of hydrogen-bond donors (Lipinski definition) is 2. The van der Waals surface area contributed by atoms with Crippen LogP contribution in [0.1, 0.15) is 36.8 Å². The summed E-state index contributed by atoms with van der Waals surface area (Å²) in [4.78, 5) is 23.9. The van der Waals surface area contributed by atoms with Crippen molar-refractivity contribution in [1.82, 2.24) is 0 Å². The highest BCUT2D eigenvalue weighted by Crippen LogP contribution is 2.55. The molecule has 0 atom stereocenters. The van der Waals surface area contributed by atoms with E-state index in [-0.39, 0.29) is 12.8 Å². The molecule has 6 aromatic carbocycles. The van der Waals surface area contributed by atoms with Crippen LogP contribution in [0.3, 0.4) is 0 Å². The van der Waals surface area contributed by atoms with Crippen LogP contribution in [-0.2, 0) is 15.0 Å². The van der Waals surface area contributed by atoms with Crippen LogP contribution in [-0.4, -0.2) is 22.2 Å². The van der Waals surface area contributed by atoms with Gasteiger partial charge in [-0.2, -0.15) is 0 Å². The number of hydrogen-bond acceptors (Lipinski definition) is 2. The molecule has 4 nitrogen and oxygen atoms in total. The summed E-state index contributed by atoms with van der Waals surface area (Å²) in [5, 5.41) is 24.2. The zero-order valence-corrected chi connectivity index (χ0v) is 23.6. The van der Waals surface area contributed by atoms with Crippen molar-refractivity contribution in [1.29, 1.82) is 0 Å². The molecule has 210 valence electrons. The fourth-order valence-corrected chi connectivity index (χ4v) is 6.90. The predicted molar refractivity (Wildman–Crippen MR) is 172 cm³/mol. The highest BCUT2D eigenvalue weighted by Gasteiger charge is 2.43. The second-order valence-corrected chi connectivity index (χ2v) is 11.5. The summed E-state index contributed by atoms with van der Waals surface area (Å²) < 4.78 is 0. The maximum Gasteiger partial charge on any atom is 0.303 e. The van der Waals surface area contributed by atoms with Gasteiger partial charge in [-0.1, -0.05) is 97.1 Å². The first-order chi connectivity index (χ1) is 20.9. The zero-order chi connectivity index (χ0) is 29.6. The van der Waals surface area contributed by atoms with Gasteiger partial charge in [0.05, 0.1) is 0 Å². The Morgan fingerprint density at radius 1 is 0.465 bits per heavy atom. The van der Waals surface area contributed by atoms with Gasteiger partial charge in [0.2, 0.25) is 0 Å². The third-order valence-corrected chi connectivity index (χ3v) is 9.06. The lowest BCUT2D eigenvalue weighted by atomic mass is 9.70. The van der Waals surface area contributed by atoms with Gasteiger partial charge in [0.25, 0.3) is 0 Å². The first kappa shape index (κ1) is 26.7. The summed E-state index contributed by atoms with van der Waals surface area (Å²) in [6, 6.07) is 42.1. The average molecular weight is 563 g/mol. The van der Waals surface area contributed by atoms with Crippen LogP contribution in [0.5, 0.6) is 0 Å². The van der Waals surface area contributed by atoms with Gasteiger partial charge in [0.15, 0.2) is 0 Å². The van der Waals surface area contributed by atoms with Crippen LogP contribution >= 0.6 is 0 Å². The zero-order valence-electron chi connectivity index (χ0n) is 23.6. The minimum absolute atomic E-state index is 0.0566. The summed E-state index contributed by atoms with van der Waals surface area (Å²) in [6.07, 6.45) is 0.522. The average Bonchev–Trinajstić information content (AvgIpc) is 3.30. The molecule has 0 saturated carbocycles. The quantitative estimate of drug-likeness (QED) is 0.194. The molecule has 0 bridgehead atoms. The van der Waals surface area contributed by atoms with Crippen molar-refractivity contribution in [3.63, 3.8) is 0 Å². The summed E-state index contributed by atoms with van der Waals surface area (Å²) in [5.41, 5.74) is 7.54. The van der Waals surface area contributed by atoms with E-state index < -0.39 is 17.4 Å². The Morgan fingerprint density at radius 3 is 1.26 bits per heavy atom. The molecular formula is C39H30O4. The van der Waals surface area contributed by atoms with E-state index in [4.69, 9.17) is 0 Å². The van der Waals surface area contributed by atoms with Gasteiger partial charge >= 0.3 is 11.9 Å². The second kappa shape index (κ2) is 10.6. The molecule has 0 unspecified atom stereocenters. The molecule has 0 amide bonds. The topological polar surface area (TPSA) is 74.6 Å². The van der Waals surface area contributed by atoms with E-state index in [1.54, 1.807) is 0 Å². The molecule has 0 spiro atoms. The molecule has 0 aromatic heterocycles. The summed E-state index contributed by atoms with van der Waals surface area (Å²) >= 11 is 0. The third-order valence-electron chi connectivity index (χ3n) is 9.06. The molecule has 43 heavy (non-hydrogen) atoms. The molecule has 1 aliphatic carbocycles. The summed E-state index contributed by atoms with van der Waals surface area (Å²) in [5.74, 6) is -1.78. The molecule has 7 rings (SSSR count). The van der Waals surface area contributed by atoms with Gasteiger partial charge in [-0.05, 0) is 103 Å². The highest BCUT2D eigenvalue weighted by molar-refractivity contribution is 5.91. The Balaban J connectivity index is 1.41. The highest BCUT2D eigenvalue weighted by atomic mass is 16.4. The molecule has 6 aromatic rings. The Morgan fingerprint density at radius 2 is 0.837 bits per heavy atom. The van der Waals surface area contributed by atoms with Gasteiger partial charge in [-0.3, -0.25) is 9.59 Å². The molecule has 4 heteroatoms. The number of benzene rings is 6. The minimum Gasteiger partial charge on any atom is -0.481 e. The van der Waals surface area contributed by atoms with Gasteiger partial charge < -0.3 is 10.2 Å². The maximum absolute atomic E-state index is 12.0. The van der Waals surface area contributed by atoms with Crippen LogP contribution in [0.2, 0.25) is 0 Å². The molecule has 0 heterocycles. The lowest BCUT2D eigenvalue weighted by Gasteiger charge is -2.32. The van der Waals surface area contributed by atoms with Crippen molar-refractivity contribution in [2.45, 2.75) is 31.1 Å². The van der Waals surface area contributed by atoms with E-state index in [1.807, 2.05) is 24.3 Å². The minimum atomic E-state index is -0.888. The molecule has 0 radical (unpaired) electrons.